The Balaban J connectivity index is 1.70. The molecule has 2 bridgehead atoms. The maximum atomic E-state index is 14.4. The Morgan fingerprint density at radius 1 is 0.846 bits per heavy atom. The van der Waals surface area contributed by atoms with Crippen molar-refractivity contribution in [2.45, 2.75) is 181 Å². The molecule has 3 aliphatic heterocycles. The Morgan fingerprint density at radius 2 is 1.57 bits per heavy atom. The van der Waals surface area contributed by atoms with Crippen LogP contribution in [0.5, 0.6) is 0 Å². The summed E-state index contributed by atoms with van der Waals surface area (Å²) in [6, 6.07) is -1.11. The van der Waals surface area contributed by atoms with Crippen molar-refractivity contribution in [1.82, 2.24) is 4.90 Å². The molecule has 2 saturated heterocycles. The van der Waals surface area contributed by atoms with Gasteiger partial charge < -0.3 is 38.8 Å². The molecule has 0 aromatic heterocycles. The van der Waals surface area contributed by atoms with Crippen LogP contribution in [-0.2, 0) is 47.7 Å². The molecule has 1 amide bonds. The molecule has 65 heavy (non-hydrogen) atoms. The highest BCUT2D eigenvalue weighted by Crippen LogP contribution is 2.38. The Morgan fingerprint density at radius 3 is 2.25 bits per heavy atom. The summed E-state index contributed by atoms with van der Waals surface area (Å²) in [5, 5.41) is 23.4. The zero-order valence-corrected chi connectivity index (χ0v) is 41.2. The second-order valence-electron chi connectivity index (χ2n) is 20.0. The lowest BCUT2D eigenvalue weighted by molar-refractivity contribution is -0.265. The van der Waals surface area contributed by atoms with E-state index in [1.807, 2.05) is 58.1 Å². The van der Waals surface area contributed by atoms with E-state index in [0.717, 1.165) is 24.8 Å². The molecule has 13 heteroatoms. The van der Waals surface area contributed by atoms with Crippen LogP contribution in [0.4, 0.5) is 0 Å². The van der Waals surface area contributed by atoms with E-state index in [9.17, 15) is 34.2 Å². The van der Waals surface area contributed by atoms with Gasteiger partial charge in [-0.1, -0.05) is 78.0 Å². The molecule has 0 radical (unpaired) electrons. The van der Waals surface area contributed by atoms with Crippen LogP contribution < -0.4 is 0 Å². The highest BCUT2D eigenvalue weighted by Gasteiger charge is 2.53. The molecule has 15 atom stereocenters. The van der Waals surface area contributed by atoms with Crippen LogP contribution in [0, 0.1) is 41.4 Å². The Bertz CT molecular complexity index is 1750. The first-order chi connectivity index (χ1) is 30.7. The molecule has 366 valence electrons. The number of hydrogen-bond acceptors (Lipinski definition) is 12. The summed E-state index contributed by atoms with van der Waals surface area (Å²) in [5.41, 5.74) is 1.30. The van der Waals surface area contributed by atoms with Gasteiger partial charge in [0.25, 0.3) is 11.7 Å². The van der Waals surface area contributed by atoms with Crippen LogP contribution >= 0.6 is 0 Å². The van der Waals surface area contributed by atoms with E-state index in [2.05, 4.69) is 6.92 Å². The zero-order valence-electron chi connectivity index (χ0n) is 41.2. The maximum Gasteiger partial charge on any atom is 0.329 e. The minimum absolute atomic E-state index is 0.0304. The number of esters is 1. The summed E-state index contributed by atoms with van der Waals surface area (Å²) >= 11 is 0. The first-order valence-corrected chi connectivity index (χ1v) is 24.2. The predicted molar refractivity (Wildman–Crippen MR) is 248 cm³/mol. The minimum Gasteiger partial charge on any atom is -0.460 e. The number of ketones is 3. The van der Waals surface area contributed by atoms with Gasteiger partial charge >= 0.3 is 5.97 Å². The van der Waals surface area contributed by atoms with Crippen LogP contribution in [0.3, 0.4) is 0 Å². The zero-order chi connectivity index (χ0) is 48.2. The number of fused-ring (bicyclic) bond motifs is 3. The molecule has 0 aromatic carbocycles. The largest absolute Gasteiger partial charge is 0.460 e. The van der Waals surface area contributed by atoms with Crippen molar-refractivity contribution in [3.63, 3.8) is 0 Å². The van der Waals surface area contributed by atoms with Crippen LogP contribution in [0.15, 0.2) is 47.6 Å². The molecule has 0 aromatic rings. The van der Waals surface area contributed by atoms with Crippen LogP contribution in [0.25, 0.3) is 0 Å². The normalized spacial score (nSPS) is 40.4. The van der Waals surface area contributed by atoms with E-state index in [-0.39, 0.29) is 54.8 Å². The number of methoxy groups -OCH3 is 3. The van der Waals surface area contributed by atoms with Crippen molar-refractivity contribution in [3.8, 4) is 0 Å². The van der Waals surface area contributed by atoms with Crippen molar-refractivity contribution in [2.24, 2.45) is 41.4 Å². The van der Waals surface area contributed by atoms with E-state index >= 15 is 0 Å². The van der Waals surface area contributed by atoms with Gasteiger partial charge in [-0.25, -0.2) is 4.79 Å². The van der Waals surface area contributed by atoms with Crippen molar-refractivity contribution < 1.29 is 57.9 Å². The highest BCUT2D eigenvalue weighted by molar-refractivity contribution is 6.39. The standard InChI is InChI=1S/C52H81NO12/c1-31-17-13-12-14-18-32(2)44(62-10)29-40-23-21-38(8)52(60,65-40)49(57)50(58)53-24-16-15-19-41(53)51(59)64-45(35(5)27-39-22-20-33(3)43(28-39)61-9)30-42(54)34(4)26-37(7)47(56)48(63-11)46(55)36(6)25-31/h12-14,17-18,26,31,33-36,38-41,43-45,47-48,56,60H,15-16,19-25,27-30H2,1-11H3/b14-12+,17-13+,32-18+,37-26+/t31-,33-,34-,35?,36-,38-,39+,40?,41+,43-,44+,45+,47-,48+,52-/m1/s1. The number of nitrogens with zero attached hydrogens (tertiary/aromatic N) is 1. The lowest BCUT2D eigenvalue weighted by Crippen LogP contribution is -2.61. The second-order valence-corrected chi connectivity index (χ2v) is 20.0. The first-order valence-electron chi connectivity index (χ1n) is 24.2. The van der Waals surface area contributed by atoms with Crippen molar-refractivity contribution in [1.29, 1.82) is 0 Å². The lowest BCUT2D eigenvalue weighted by Gasteiger charge is -2.42. The fourth-order valence-electron chi connectivity index (χ4n) is 10.4. The van der Waals surface area contributed by atoms with Gasteiger partial charge in [0.15, 0.2) is 5.78 Å². The van der Waals surface area contributed by atoms with E-state index in [1.165, 1.54) is 12.0 Å². The van der Waals surface area contributed by atoms with Gasteiger partial charge in [-0.15, -0.1) is 0 Å². The SMILES string of the molecule is CO[C@H]1CC2CC[C@@H](C)[C@@](O)(O2)C(=O)C(=O)N2CCCC[C@H]2C(=O)O[C@H](C(C)C[C@@H]2CC[C@@H](C)[C@H](OC)C2)CC(=O)[C@H](C)/C=C(\C)[C@@H](O)[C@@H](OC)C(=O)[C@H](C)C[C@H](C)/C=C/C=C/C=C/1C. The average molecular weight is 912 g/mol. The summed E-state index contributed by atoms with van der Waals surface area (Å²) in [4.78, 5) is 71.9. The molecular weight excluding hydrogens is 831 g/mol. The molecule has 4 rings (SSSR count). The van der Waals surface area contributed by atoms with Gasteiger partial charge in [-0.05, 0) is 113 Å². The molecule has 4 aliphatic rings. The van der Waals surface area contributed by atoms with Gasteiger partial charge in [0.05, 0.1) is 18.3 Å². The number of amides is 1. The number of carbonyl (C=O) groups is 5. The molecule has 0 spiro atoms. The Labute approximate surface area is 388 Å². The van der Waals surface area contributed by atoms with E-state index in [1.54, 1.807) is 41.1 Å². The summed E-state index contributed by atoms with van der Waals surface area (Å²) in [7, 11) is 4.70. The number of aliphatic hydroxyl groups is 2. The summed E-state index contributed by atoms with van der Waals surface area (Å²) in [5.74, 6) is -7.07. The van der Waals surface area contributed by atoms with Crippen molar-refractivity contribution >= 4 is 29.2 Å². The van der Waals surface area contributed by atoms with Gasteiger partial charge in [-0.3, -0.25) is 19.2 Å². The maximum absolute atomic E-state index is 14.4. The molecule has 3 fully saturated rings. The number of piperidine rings is 1. The quantitative estimate of drug-likeness (QED) is 0.153. The van der Waals surface area contributed by atoms with E-state index in [0.29, 0.717) is 56.4 Å². The molecular formula is C52H81NO12. The van der Waals surface area contributed by atoms with E-state index in [4.69, 9.17) is 23.7 Å². The number of cyclic esters (lactones) is 1. The molecule has 3 heterocycles. The molecule has 1 saturated carbocycles. The van der Waals surface area contributed by atoms with Gasteiger partial charge in [0.1, 0.15) is 30.1 Å². The monoisotopic (exact) mass is 912 g/mol. The van der Waals surface area contributed by atoms with Crippen molar-refractivity contribution in [3.05, 3.63) is 47.6 Å². The minimum atomic E-state index is -2.41. The van der Waals surface area contributed by atoms with Gasteiger partial charge in [-0.2, -0.15) is 0 Å². The number of hydrogen-bond donors (Lipinski definition) is 2. The number of aliphatic hydroxyl groups excluding tert-OH is 1. The first kappa shape index (κ1) is 54.3. The van der Waals surface area contributed by atoms with Crippen LogP contribution in [0.2, 0.25) is 0 Å². The highest BCUT2D eigenvalue weighted by atomic mass is 16.6. The Hall–Kier alpha value is -3.33. The fourth-order valence-corrected chi connectivity index (χ4v) is 10.4. The number of ether oxygens (including phenoxy) is 5. The predicted octanol–water partition coefficient (Wildman–Crippen LogP) is 7.46. The fraction of sp³-hybridized carbons (Fsp3) is 0.750. The number of rotatable bonds is 6. The van der Waals surface area contributed by atoms with Gasteiger partial charge in [0.2, 0.25) is 5.79 Å². The summed E-state index contributed by atoms with van der Waals surface area (Å²) < 4.78 is 29.7. The third-order valence-electron chi connectivity index (χ3n) is 14.8. The topological polar surface area (TPSA) is 175 Å². The van der Waals surface area contributed by atoms with E-state index < -0.39 is 77.8 Å². The molecule has 13 nitrogen and oxygen atoms in total. The third-order valence-corrected chi connectivity index (χ3v) is 14.8. The lowest BCUT2D eigenvalue weighted by atomic mass is 9.76. The average Bonchev–Trinajstić information content (AvgIpc) is 3.28. The number of carbonyl (C=O) groups excluding carboxylic acids is 5. The molecule has 2 unspecified atom stereocenters. The van der Waals surface area contributed by atoms with Crippen molar-refractivity contribution in [2.75, 3.05) is 27.9 Å². The Kier molecular flexibility index (Phi) is 21.0. The summed E-state index contributed by atoms with van der Waals surface area (Å²) in [6.45, 7) is 15.1. The number of allylic oxidation sites excluding steroid dienone is 6. The third kappa shape index (κ3) is 14.3. The van der Waals surface area contributed by atoms with Crippen LogP contribution in [-0.4, -0.2) is 121 Å². The molecule has 2 N–H and O–H groups in total. The number of Topliss-reactive ketones (excluding diaryl/α,β-unsaturated/α-hetero) is 3. The second kappa shape index (κ2) is 25.2. The molecule has 1 aliphatic carbocycles. The summed E-state index contributed by atoms with van der Waals surface area (Å²) in [6.07, 6.45) is 13.6. The van der Waals surface area contributed by atoms with Gasteiger partial charge in [0, 0.05) is 58.5 Å². The smallest absolute Gasteiger partial charge is 0.329 e. The van der Waals surface area contributed by atoms with Crippen LogP contribution in [0.1, 0.15) is 132 Å².